The molecule has 1 atom stereocenters. The van der Waals surface area contributed by atoms with Gasteiger partial charge in [0, 0.05) is 27.8 Å². The largest absolute Gasteiger partial charge is 0.497 e. The first-order chi connectivity index (χ1) is 16.1. The summed E-state index contributed by atoms with van der Waals surface area (Å²) >= 11 is 1.53. The third-order valence-corrected chi connectivity index (χ3v) is 6.14. The lowest BCUT2D eigenvalue weighted by Crippen LogP contribution is -2.17. The zero-order valence-corrected chi connectivity index (χ0v) is 19.5. The Balaban J connectivity index is 1.79. The number of benzene rings is 2. The molecule has 0 radical (unpaired) electrons. The van der Waals surface area contributed by atoms with Crippen molar-refractivity contribution in [2.24, 2.45) is 0 Å². The number of ether oxygens (including phenoxy) is 2. The van der Waals surface area contributed by atoms with E-state index in [0.29, 0.717) is 22.9 Å². The number of aryl methyl sites for hydroxylation is 1. The number of nitrogens with zero attached hydrogens (tertiary/aromatic N) is 1. The van der Waals surface area contributed by atoms with E-state index in [9.17, 15) is 4.79 Å². The van der Waals surface area contributed by atoms with Crippen molar-refractivity contribution in [1.29, 1.82) is 0 Å². The number of rotatable bonds is 8. The van der Waals surface area contributed by atoms with E-state index in [1.165, 1.54) is 11.3 Å². The molecule has 33 heavy (non-hydrogen) atoms. The van der Waals surface area contributed by atoms with E-state index >= 15 is 0 Å². The lowest BCUT2D eigenvalue weighted by atomic mass is 9.98. The van der Waals surface area contributed by atoms with Crippen LogP contribution in [0.25, 0.3) is 0 Å². The molecule has 0 aliphatic rings. The Morgan fingerprint density at radius 2 is 1.73 bits per heavy atom. The fourth-order valence-corrected chi connectivity index (χ4v) is 4.54. The van der Waals surface area contributed by atoms with E-state index in [1.54, 1.807) is 32.5 Å². The van der Waals surface area contributed by atoms with Gasteiger partial charge in [-0.05, 0) is 55.5 Å². The van der Waals surface area contributed by atoms with Gasteiger partial charge in [0.05, 0.1) is 20.3 Å². The van der Waals surface area contributed by atoms with E-state index < -0.39 is 0 Å². The Bertz CT molecular complexity index is 1230. The number of hydrogen-bond donors (Lipinski definition) is 2. The normalized spacial score (nSPS) is 11.5. The Labute approximate surface area is 197 Å². The number of anilines is 2. The lowest BCUT2D eigenvalue weighted by molar-refractivity contribution is 0.102. The van der Waals surface area contributed by atoms with Crippen LogP contribution in [-0.2, 0) is 0 Å². The molecule has 0 aliphatic carbocycles. The molecule has 4 rings (SSSR count). The number of carbonyl (C=O) groups is 1. The van der Waals surface area contributed by atoms with Gasteiger partial charge in [-0.2, -0.15) is 0 Å². The summed E-state index contributed by atoms with van der Waals surface area (Å²) in [6.45, 7) is 2.02. The topological polar surface area (TPSA) is 72.5 Å². The number of carbonyl (C=O) groups excluding carboxylic acids is 1. The highest BCUT2D eigenvalue weighted by Crippen LogP contribution is 2.41. The van der Waals surface area contributed by atoms with Crippen LogP contribution in [0.4, 0.5) is 10.8 Å². The summed E-state index contributed by atoms with van der Waals surface area (Å²) in [5.74, 6) is 1.96. The first kappa shape index (κ1) is 22.4. The van der Waals surface area contributed by atoms with E-state index in [0.717, 1.165) is 21.0 Å². The second-order valence-electron chi connectivity index (χ2n) is 7.36. The molecule has 2 heterocycles. The predicted octanol–water partition coefficient (Wildman–Crippen LogP) is 5.92. The molecule has 1 amide bonds. The fraction of sp³-hybridized carbons (Fsp3) is 0.154. The van der Waals surface area contributed by atoms with Crippen LogP contribution in [0, 0.1) is 6.92 Å². The van der Waals surface area contributed by atoms with Gasteiger partial charge in [-0.25, -0.2) is 4.98 Å². The number of aromatic nitrogens is 1. The number of nitrogens with one attached hydrogen (secondary N) is 2. The van der Waals surface area contributed by atoms with Crippen molar-refractivity contribution in [1.82, 2.24) is 4.98 Å². The van der Waals surface area contributed by atoms with E-state index in [4.69, 9.17) is 9.47 Å². The van der Waals surface area contributed by atoms with E-state index in [2.05, 4.69) is 21.7 Å². The number of amides is 1. The predicted molar refractivity (Wildman–Crippen MR) is 133 cm³/mol. The highest BCUT2D eigenvalue weighted by atomic mass is 32.1. The molecule has 168 valence electrons. The summed E-state index contributed by atoms with van der Waals surface area (Å²) < 4.78 is 11.2. The molecule has 2 aromatic heterocycles. The summed E-state index contributed by atoms with van der Waals surface area (Å²) in [7, 11) is 3.27. The molecule has 7 heteroatoms. The SMILES string of the molecule is COc1ccc(OC)c(C(Nc2ccccn2)c2cc(C)sc2NC(=O)c2ccccc2)c1. The van der Waals surface area contributed by atoms with Gasteiger partial charge in [-0.15, -0.1) is 11.3 Å². The Morgan fingerprint density at radius 3 is 2.42 bits per heavy atom. The second kappa shape index (κ2) is 10.2. The molecule has 1 unspecified atom stereocenters. The molecule has 0 aliphatic heterocycles. The molecule has 2 N–H and O–H groups in total. The van der Waals surface area contributed by atoms with E-state index in [-0.39, 0.29) is 11.9 Å². The Morgan fingerprint density at radius 1 is 0.939 bits per heavy atom. The van der Waals surface area contributed by atoms with Gasteiger partial charge in [-0.1, -0.05) is 24.3 Å². The number of methoxy groups -OCH3 is 2. The maximum atomic E-state index is 12.9. The van der Waals surface area contributed by atoms with Gasteiger partial charge in [0.25, 0.3) is 5.91 Å². The minimum absolute atomic E-state index is 0.159. The quantitative estimate of drug-likeness (QED) is 0.342. The lowest BCUT2D eigenvalue weighted by Gasteiger charge is -2.23. The van der Waals surface area contributed by atoms with Crippen LogP contribution in [0.15, 0.2) is 79.0 Å². The van der Waals surface area contributed by atoms with E-state index in [1.807, 2.05) is 61.5 Å². The van der Waals surface area contributed by atoms with Crippen molar-refractivity contribution >= 4 is 28.1 Å². The van der Waals surface area contributed by atoms with Crippen LogP contribution in [0.2, 0.25) is 0 Å². The molecule has 0 spiro atoms. The molecule has 0 fully saturated rings. The summed E-state index contributed by atoms with van der Waals surface area (Å²) in [6, 6.07) is 22.3. The maximum absolute atomic E-state index is 12.9. The van der Waals surface area contributed by atoms with Gasteiger partial charge in [0.1, 0.15) is 22.3 Å². The third-order valence-electron chi connectivity index (χ3n) is 5.16. The Hall–Kier alpha value is -3.84. The first-order valence-corrected chi connectivity index (χ1v) is 11.3. The molecule has 2 aromatic carbocycles. The summed E-state index contributed by atoms with van der Waals surface area (Å²) in [5, 5.41) is 7.37. The summed E-state index contributed by atoms with van der Waals surface area (Å²) in [4.78, 5) is 18.5. The molecule has 6 nitrogen and oxygen atoms in total. The highest BCUT2D eigenvalue weighted by Gasteiger charge is 2.25. The molecule has 0 saturated heterocycles. The van der Waals surface area contributed by atoms with Crippen molar-refractivity contribution in [3.63, 3.8) is 0 Å². The molecular formula is C26H25N3O3S. The van der Waals surface area contributed by atoms with Crippen LogP contribution in [0.3, 0.4) is 0 Å². The van der Waals surface area contributed by atoms with Crippen molar-refractivity contribution in [3.05, 3.63) is 101 Å². The van der Waals surface area contributed by atoms with Gasteiger partial charge in [0.2, 0.25) is 0 Å². The summed E-state index contributed by atoms with van der Waals surface area (Å²) in [6.07, 6.45) is 1.74. The average molecular weight is 460 g/mol. The summed E-state index contributed by atoms with van der Waals surface area (Å²) in [5.41, 5.74) is 2.39. The van der Waals surface area contributed by atoms with Crippen LogP contribution >= 0.6 is 11.3 Å². The molecule has 0 saturated carbocycles. The van der Waals surface area contributed by atoms with Crippen LogP contribution < -0.4 is 20.1 Å². The average Bonchev–Trinajstić information content (AvgIpc) is 3.22. The van der Waals surface area contributed by atoms with Gasteiger partial charge >= 0.3 is 0 Å². The van der Waals surface area contributed by atoms with Crippen molar-refractivity contribution in [2.75, 3.05) is 24.9 Å². The zero-order valence-electron chi connectivity index (χ0n) is 18.7. The van der Waals surface area contributed by atoms with Crippen LogP contribution in [0.1, 0.15) is 32.4 Å². The monoisotopic (exact) mass is 459 g/mol. The highest BCUT2D eigenvalue weighted by molar-refractivity contribution is 7.16. The number of hydrogen-bond acceptors (Lipinski definition) is 6. The fourth-order valence-electron chi connectivity index (χ4n) is 3.59. The van der Waals surface area contributed by atoms with Crippen LogP contribution in [-0.4, -0.2) is 25.1 Å². The van der Waals surface area contributed by atoms with Crippen LogP contribution in [0.5, 0.6) is 11.5 Å². The van der Waals surface area contributed by atoms with Gasteiger partial charge in [-0.3, -0.25) is 4.79 Å². The second-order valence-corrected chi connectivity index (χ2v) is 8.62. The number of thiophene rings is 1. The molecule has 4 aromatic rings. The third kappa shape index (κ3) is 5.15. The minimum Gasteiger partial charge on any atom is -0.497 e. The van der Waals surface area contributed by atoms with Gasteiger partial charge in [0.15, 0.2) is 0 Å². The Kier molecular flexibility index (Phi) is 6.90. The first-order valence-electron chi connectivity index (χ1n) is 10.4. The smallest absolute Gasteiger partial charge is 0.256 e. The maximum Gasteiger partial charge on any atom is 0.256 e. The molecular weight excluding hydrogens is 434 g/mol. The zero-order chi connectivity index (χ0) is 23.2. The minimum atomic E-state index is -0.346. The van der Waals surface area contributed by atoms with Crippen molar-refractivity contribution < 1.29 is 14.3 Å². The standard InChI is InChI=1S/C26H25N3O3S/c1-17-15-21(26(33-17)29-25(30)18-9-5-4-6-10-18)24(28-23-11-7-8-14-27-23)20-16-19(31-2)12-13-22(20)32-3/h4-16,24H,1-3H3,(H,27,28)(H,29,30). The number of pyridine rings is 1. The van der Waals surface area contributed by atoms with Crippen molar-refractivity contribution in [3.8, 4) is 11.5 Å². The van der Waals surface area contributed by atoms with Crippen molar-refractivity contribution in [2.45, 2.75) is 13.0 Å². The molecule has 0 bridgehead atoms. The van der Waals surface area contributed by atoms with Gasteiger partial charge < -0.3 is 20.1 Å².